The lowest BCUT2D eigenvalue weighted by atomic mass is 9.79. The molecule has 2 saturated carbocycles. The number of rotatable bonds is 3. The number of amides is 2. The van der Waals surface area contributed by atoms with E-state index >= 15 is 0 Å². The second-order valence-corrected chi connectivity index (χ2v) is 9.24. The molecule has 1 aliphatic heterocycles. The van der Waals surface area contributed by atoms with Crippen LogP contribution < -0.4 is 5.32 Å². The zero-order chi connectivity index (χ0) is 19.6. The number of hydrogen-bond donors (Lipinski definition) is 1. The van der Waals surface area contributed by atoms with Crippen LogP contribution in [0.25, 0.3) is 0 Å². The van der Waals surface area contributed by atoms with E-state index in [2.05, 4.69) is 5.32 Å². The van der Waals surface area contributed by atoms with Crippen molar-refractivity contribution in [1.29, 1.82) is 0 Å². The number of nitrogens with zero attached hydrogens (tertiary/aromatic N) is 1. The first-order valence-electron chi connectivity index (χ1n) is 11.3. The Hall–Kier alpha value is -1.84. The van der Waals surface area contributed by atoms with Crippen LogP contribution in [0.4, 0.5) is 0 Å². The summed E-state index contributed by atoms with van der Waals surface area (Å²) in [6.45, 7) is 2.00. The predicted octanol–water partition coefficient (Wildman–Crippen LogP) is 4.62. The third-order valence-electron chi connectivity index (χ3n) is 7.15. The van der Waals surface area contributed by atoms with Crippen LogP contribution in [0, 0.1) is 0 Å². The molecule has 0 unspecified atom stereocenters. The Balaban J connectivity index is 1.64. The molecule has 28 heavy (non-hydrogen) atoms. The minimum Gasteiger partial charge on any atom is -0.351 e. The van der Waals surface area contributed by atoms with Crippen molar-refractivity contribution < 1.29 is 9.59 Å². The third kappa shape index (κ3) is 3.70. The number of carbonyl (C=O) groups excluding carboxylic acids is 2. The summed E-state index contributed by atoms with van der Waals surface area (Å²) < 4.78 is 0. The molecule has 2 aliphatic carbocycles. The molecule has 1 aromatic rings. The fraction of sp³-hybridized carbons (Fsp3) is 0.667. The van der Waals surface area contributed by atoms with Crippen LogP contribution in [0.2, 0.25) is 0 Å². The number of fused-ring (bicyclic) bond motifs is 1. The lowest BCUT2D eigenvalue weighted by molar-refractivity contribution is -0.134. The lowest BCUT2D eigenvalue weighted by Gasteiger charge is -2.49. The summed E-state index contributed by atoms with van der Waals surface area (Å²) in [7, 11) is 0. The molecule has 0 spiro atoms. The molecule has 4 heteroatoms. The van der Waals surface area contributed by atoms with Crippen LogP contribution in [0.3, 0.4) is 0 Å². The van der Waals surface area contributed by atoms with E-state index in [-0.39, 0.29) is 23.9 Å². The maximum absolute atomic E-state index is 13.6. The topological polar surface area (TPSA) is 49.4 Å². The molecule has 1 N–H and O–H groups in total. The Kier molecular flexibility index (Phi) is 5.75. The maximum Gasteiger partial charge on any atom is 0.255 e. The van der Waals surface area contributed by atoms with Gasteiger partial charge in [0.15, 0.2) is 0 Å². The van der Waals surface area contributed by atoms with Crippen LogP contribution >= 0.6 is 0 Å². The normalized spacial score (nSPS) is 27.2. The Labute approximate surface area is 169 Å². The van der Waals surface area contributed by atoms with Gasteiger partial charge in [0.05, 0.1) is 0 Å². The van der Waals surface area contributed by atoms with Gasteiger partial charge in [-0.05, 0) is 44.2 Å². The van der Waals surface area contributed by atoms with Crippen molar-refractivity contribution in [3.05, 3.63) is 35.4 Å². The average molecular weight is 383 g/mol. The molecular formula is C24H34N2O2. The van der Waals surface area contributed by atoms with Crippen molar-refractivity contribution in [2.75, 3.05) is 0 Å². The van der Waals surface area contributed by atoms with Gasteiger partial charge in [0.25, 0.3) is 5.91 Å². The standard InChI is InChI=1S/C24H34N2O2/c1-24(23(28)25-19-12-5-2-3-6-13-19)17-18-11-9-10-16-21(18)22(27)26(24)20-14-7-4-8-15-20/h9-11,16,19-20H,2-8,12-15,17H2,1H3,(H,25,28)/t24-/m0/s1. The molecule has 2 fully saturated rings. The molecule has 152 valence electrons. The zero-order valence-electron chi connectivity index (χ0n) is 17.2. The van der Waals surface area contributed by atoms with Gasteiger partial charge in [0, 0.05) is 24.1 Å². The quantitative estimate of drug-likeness (QED) is 0.776. The molecule has 1 atom stereocenters. The van der Waals surface area contributed by atoms with E-state index < -0.39 is 5.54 Å². The van der Waals surface area contributed by atoms with Gasteiger partial charge in [-0.2, -0.15) is 0 Å². The average Bonchev–Trinajstić information content (AvgIpc) is 2.97. The minimum absolute atomic E-state index is 0.0484. The summed E-state index contributed by atoms with van der Waals surface area (Å²) in [4.78, 5) is 29.1. The highest BCUT2D eigenvalue weighted by Gasteiger charge is 2.49. The second-order valence-electron chi connectivity index (χ2n) is 9.24. The highest BCUT2D eigenvalue weighted by Crippen LogP contribution is 2.37. The Morgan fingerprint density at radius 1 is 0.964 bits per heavy atom. The van der Waals surface area contributed by atoms with Gasteiger partial charge in [0.1, 0.15) is 5.54 Å². The molecule has 1 heterocycles. The minimum atomic E-state index is -0.792. The smallest absolute Gasteiger partial charge is 0.255 e. The van der Waals surface area contributed by atoms with Gasteiger partial charge in [-0.1, -0.05) is 63.1 Å². The third-order valence-corrected chi connectivity index (χ3v) is 7.15. The molecule has 3 aliphatic rings. The monoisotopic (exact) mass is 382 g/mol. The molecular weight excluding hydrogens is 348 g/mol. The van der Waals surface area contributed by atoms with Gasteiger partial charge in [-0.15, -0.1) is 0 Å². The van der Waals surface area contributed by atoms with E-state index in [0.29, 0.717) is 6.42 Å². The first-order valence-corrected chi connectivity index (χ1v) is 11.3. The van der Waals surface area contributed by atoms with Crippen LogP contribution in [-0.4, -0.2) is 34.3 Å². The second kappa shape index (κ2) is 8.26. The molecule has 4 rings (SSSR count). The number of carbonyl (C=O) groups is 2. The van der Waals surface area contributed by atoms with E-state index in [9.17, 15) is 9.59 Å². The van der Waals surface area contributed by atoms with Crippen molar-refractivity contribution in [3.8, 4) is 0 Å². The van der Waals surface area contributed by atoms with E-state index in [1.54, 1.807) is 0 Å². The molecule has 2 amide bonds. The Bertz CT molecular complexity index is 717. The van der Waals surface area contributed by atoms with E-state index in [4.69, 9.17) is 0 Å². The largest absolute Gasteiger partial charge is 0.351 e. The summed E-state index contributed by atoms with van der Waals surface area (Å²) in [5, 5.41) is 3.36. The first-order chi connectivity index (χ1) is 13.6. The van der Waals surface area contributed by atoms with Crippen molar-refractivity contribution in [1.82, 2.24) is 10.2 Å². The van der Waals surface area contributed by atoms with Gasteiger partial charge in [-0.25, -0.2) is 0 Å². The Morgan fingerprint density at radius 3 is 2.29 bits per heavy atom. The summed E-state index contributed by atoms with van der Waals surface area (Å²) in [6.07, 6.45) is 13.2. The van der Waals surface area contributed by atoms with Gasteiger partial charge in [0.2, 0.25) is 5.91 Å². The predicted molar refractivity (Wildman–Crippen MR) is 111 cm³/mol. The number of nitrogens with one attached hydrogen (secondary N) is 1. The van der Waals surface area contributed by atoms with Gasteiger partial charge in [-0.3, -0.25) is 9.59 Å². The lowest BCUT2D eigenvalue weighted by Crippen LogP contribution is -2.66. The number of benzene rings is 1. The summed E-state index contributed by atoms with van der Waals surface area (Å²) >= 11 is 0. The number of hydrogen-bond acceptors (Lipinski definition) is 2. The van der Waals surface area contributed by atoms with Gasteiger partial charge >= 0.3 is 0 Å². The molecule has 1 aromatic carbocycles. The van der Waals surface area contributed by atoms with Gasteiger partial charge < -0.3 is 10.2 Å². The molecule has 0 bridgehead atoms. The molecule has 0 saturated heterocycles. The SMILES string of the molecule is C[C@@]1(C(=O)NC2CCCCCC2)Cc2ccccc2C(=O)N1C1CCCCC1. The molecule has 0 aromatic heterocycles. The maximum atomic E-state index is 13.6. The van der Waals surface area contributed by atoms with Crippen LogP contribution in [0.1, 0.15) is 93.5 Å². The first kappa shape index (κ1) is 19.5. The van der Waals surface area contributed by atoms with E-state index in [1.807, 2.05) is 36.1 Å². The summed E-state index contributed by atoms with van der Waals surface area (Å²) in [5.41, 5.74) is 1.01. The van der Waals surface area contributed by atoms with Crippen LogP contribution in [0.15, 0.2) is 24.3 Å². The van der Waals surface area contributed by atoms with Crippen LogP contribution in [-0.2, 0) is 11.2 Å². The Morgan fingerprint density at radius 2 is 1.57 bits per heavy atom. The van der Waals surface area contributed by atoms with Crippen molar-refractivity contribution >= 4 is 11.8 Å². The van der Waals surface area contributed by atoms with E-state index in [0.717, 1.165) is 49.7 Å². The molecule has 0 radical (unpaired) electrons. The summed E-state index contributed by atoms with van der Waals surface area (Å²) in [5.74, 6) is 0.0973. The fourth-order valence-corrected chi connectivity index (χ4v) is 5.56. The highest BCUT2D eigenvalue weighted by atomic mass is 16.2. The molecule has 4 nitrogen and oxygen atoms in total. The van der Waals surface area contributed by atoms with Crippen molar-refractivity contribution in [2.24, 2.45) is 0 Å². The van der Waals surface area contributed by atoms with Crippen molar-refractivity contribution in [3.63, 3.8) is 0 Å². The van der Waals surface area contributed by atoms with E-state index in [1.165, 1.54) is 32.1 Å². The fourth-order valence-electron chi connectivity index (χ4n) is 5.56. The zero-order valence-corrected chi connectivity index (χ0v) is 17.2. The highest BCUT2D eigenvalue weighted by molar-refractivity contribution is 6.02. The van der Waals surface area contributed by atoms with Crippen molar-refractivity contribution in [2.45, 2.75) is 102 Å². The summed E-state index contributed by atoms with van der Waals surface area (Å²) in [6, 6.07) is 8.29. The van der Waals surface area contributed by atoms with Crippen LogP contribution in [0.5, 0.6) is 0 Å².